The van der Waals surface area contributed by atoms with Crippen molar-refractivity contribution in [1.82, 2.24) is 0 Å². The Morgan fingerprint density at radius 2 is 2.19 bits per heavy atom. The zero-order valence-electron chi connectivity index (χ0n) is 9.92. The number of rotatable bonds is 6. The fourth-order valence-corrected chi connectivity index (χ4v) is 1.80. The van der Waals surface area contributed by atoms with Crippen molar-refractivity contribution in [2.45, 2.75) is 26.7 Å². The average Bonchev–Trinajstić information content (AvgIpc) is 2.27. The molecule has 0 aliphatic heterocycles. The minimum absolute atomic E-state index is 0.777. The van der Waals surface area contributed by atoms with Gasteiger partial charge in [-0.3, -0.25) is 0 Å². The molecular formula is C14H18BrO. The van der Waals surface area contributed by atoms with Gasteiger partial charge in [0.15, 0.2) is 0 Å². The first-order valence-electron chi connectivity index (χ1n) is 5.57. The molecule has 0 bridgehead atoms. The van der Waals surface area contributed by atoms with E-state index in [9.17, 15) is 0 Å². The third-order valence-corrected chi connectivity index (χ3v) is 2.86. The Bertz CT molecular complexity index is 347. The van der Waals surface area contributed by atoms with E-state index in [4.69, 9.17) is 4.74 Å². The quantitative estimate of drug-likeness (QED) is 0.684. The highest BCUT2D eigenvalue weighted by atomic mass is 79.9. The van der Waals surface area contributed by atoms with E-state index in [2.05, 4.69) is 41.6 Å². The Balaban J connectivity index is 2.77. The van der Waals surface area contributed by atoms with Crippen molar-refractivity contribution in [1.29, 1.82) is 0 Å². The van der Waals surface area contributed by atoms with E-state index in [1.807, 2.05) is 19.1 Å². The Morgan fingerprint density at radius 1 is 1.44 bits per heavy atom. The summed E-state index contributed by atoms with van der Waals surface area (Å²) in [5.74, 6) is 2.07. The van der Waals surface area contributed by atoms with Crippen LogP contribution in [0.5, 0.6) is 5.75 Å². The second-order valence-corrected chi connectivity index (χ2v) is 4.68. The van der Waals surface area contributed by atoms with Crippen LogP contribution in [0.25, 0.3) is 0 Å². The molecule has 2 heteroatoms. The molecule has 0 aliphatic rings. The highest BCUT2D eigenvalue weighted by molar-refractivity contribution is 9.10. The fraction of sp³-hybridized carbons (Fsp3) is 0.357. The van der Waals surface area contributed by atoms with E-state index in [0.29, 0.717) is 0 Å². The molecule has 1 aromatic rings. The van der Waals surface area contributed by atoms with Crippen LogP contribution in [-0.2, 0) is 0 Å². The predicted molar refractivity (Wildman–Crippen MR) is 72.8 cm³/mol. The Kier molecular flexibility index (Phi) is 5.61. The third-order valence-electron chi connectivity index (χ3n) is 2.40. The van der Waals surface area contributed by atoms with Crippen LogP contribution in [0.1, 0.15) is 32.3 Å². The maximum atomic E-state index is 5.68. The number of allylic oxidation sites excluding steroid dienone is 1. The SMILES string of the molecule is C=C[C](C)c1cc(Br)cc(OCCCC)c1. The molecule has 0 amide bonds. The highest BCUT2D eigenvalue weighted by Crippen LogP contribution is 2.26. The van der Waals surface area contributed by atoms with Crippen molar-refractivity contribution >= 4 is 15.9 Å². The second kappa shape index (κ2) is 6.74. The number of hydrogen-bond acceptors (Lipinski definition) is 1. The fourth-order valence-electron chi connectivity index (χ4n) is 1.33. The van der Waals surface area contributed by atoms with E-state index < -0.39 is 0 Å². The monoisotopic (exact) mass is 281 g/mol. The molecule has 16 heavy (non-hydrogen) atoms. The van der Waals surface area contributed by atoms with Gasteiger partial charge >= 0.3 is 0 Å². The van der Waals surface area contributed by atoms with Crippen LogP contribution >= 0.6 is 15.9 Å². The zero-order chi connectivity index (χ0) is 12.0. The van der Waals surface area contributed by atoms with Crippen molar-refractivity contribution in [2.75, 3.05) is 6.61 Å². The van der Waals surface area contributed by atoms with Gasteiger partial charge in [0.05, 0.1) is 6.61 Å². The minimum atomic E-state index is 0.777. The highest BCUT2D eigenvalue weighted by Gasteiger charge is 2.05. The minimum Gasteiger partial charge on any atom is -0.494 e. The van der Waals surface area contributed by atoms with Crippen LogP contribution in [0.3, 0.4) is 0 Å². The van der Waals surface area contributed by atoms with E-state index in [1.165, 1.54) is 0 Å². The molecule has 1 rings (SSSR count). The van der Waals surface area contributed by atoms with E-state index in [0.717, 1.165) is 41.2 Å². The number of hydrogen-bond donors (Lipinski definition) is 0. The summed E-state index contributed by atoms with van der Waals surface area (Å²) in [5, 5.41) is 0. The predicted octanol–water partition coefficient (Wildman–Crippen LogP) is 4.76. The molecule has 87 valence electrons. The van der Waals surface area contributed by atoms with E-state index in [-0.39, 0.29) is 0 Å². The molecule has 0 N–H and O–H groups in total. The van der Waals surface area contributed by atoms with Gasteiger partial charge in [-0.1, -0.05) is 42.3 Å². The normalized spacial score (nSPS) is 10.5. The molecule has 0 aliphatic carbocycles. The summed E-state index contributed by atoms with van der Waals surface area (Å²) in [5.41, 5.74) is 1.15. The van der Waals surface area contributed by atoms with Crippen LogP contribution in [0, 0.1) is 5.92 Å². The van der Waals surface area contributed by atoms with Crippen molar-refractivity contribution in [3.63, 3.8) is 0 Å². The summed E-state index contributed by atoms with van der Waals surface area (Å²) in [4.78, 5) is 0. The molecule has 0 spiro atoms. The molecular weight excluding hydrogens is 264 g/mol. The number of unbranched alkanes of at least 4 members (excludes halogenated alkanes) is 1. The summed E-state index contributed by atoms with van der Waals surface area (Å²) >= 11 is 3.49. The topological polar surface area (TPSA) is 9.23 Å². The lowest BCUT2D eigenvalue weighted by molar-refractivity contribution is 0.309. The Labute approximate surface area is 107 Å². The van der Waals surface area contributed by atoms with Gasteiger partial charge in [-0.2, -0.15) is 0 Å². The van der Waals surface area contributed by atoms with E-state index in [1.54, 1.807) is 0 Å². The van der Waals surface area contributed by atoms with Gasteiger partial charge < -0.3 is 4.74 Å². The molecule has 0 fully saturated rings. The molecule has 0 aromatic heterocycles. The molecule has 1 nitrogen and oxygen atoms in total. The lowest BCUT2D eigenvalue weighted by Gasteiger charge is -2.11. The van der Waals surface area contributed by atoms with Gasteiger partial charge in [0.25, 0.3) is 0 Å². The van der Waals surface area contributed by atoms with Gasteiger partial charge in [-0.15, -0.1) is 6.58 Å². The first-order chi connectivity index (χ1) is 7.67. The van der Waals surface area contributed by atoms with Gasteiger partial charge in [-0.05, 0) is 30.2 Å². The van der Waals surface area contributed by atoms with Gasteiger partial charge in [-0.25, -0.2) is 0 Å². The van der Waals surface area contributed by atoms with Crippen molar-refractivity contribution < 1.29 is 4.74 Å². The van der Waals surface area contributed by atoms with Crippen LogP contribution in [0.15, 0.2) is 35.3 Å². The zero-order valence-corrected chi connectivity index (χ0v) is 11.5. The van der Waals surface area contributed by atoms with Crippen LogP contribution in [-0.4, -0.2) is 6.61 Å². The smallest absolute Gasteiger partial charge is 0.120 e. The molecule has 0 saturated carbocycles. The molecule has 1 aromatic carbocycles. The van der Waals surface area contributed by atoms with Gasteiger partial charge in [0.1, 0.15) is 5.75 Å². The second-order valence-electron chi connectivity index (χ2n) is 3.76. The summed E-state index contributed by atoms with van der Waals surface area (Å²) in [6.07, 6.45) is 4.10. The Hall–Kier alpha value is -0.760. The first kappa shape index (κ1) is 13.3. The summed E-state index contributed by atoms with van der Waals surface area (Å²) in [7, 11) is 0. The van der Waals surface area contributed by atoms with Crippen molar-refractivity contribution in [2.24, 2.45) is 0 Å². The molecule has 0 unspecified atom stereocenters. The van der Waals surface area contributed by atoms with Crippen LogP contribution < -0.4 is 4.74 Å². The van der Waals surface area contributed by atoms with Crippen LogP contribution in [0.4, 0.5) is 0 Å². The number of benzene rings is 1. The van der Waals surface area contributed by atoms with Crippen LogP contribution in [0.2, 0.25) is 0 Å². The summed E-state index contributed by atoms with van der Waals surface area (Å²) in [6, 6.07) is 6.12. The Morgan fingerprint density at radius 3 is 2.81 bits per heavy atom. The first-order valence-corrected chi connectivity index (χ1v) is 6.36. The average molecular weight is 282 g/mol. The molecule has 1 radical (unpaired) electrons. The summed E-state index contributed by atoms with van der Waals surface area (Å²) < 4.78 is 6.72. The number of halogens is 1. The summed E-state index contributed by atoms with van der Waals surface area (Å²) in [6.45, 7) is 8.76. The standard InChI is InChI=1S/C14H18BrO/c1-4-6-7-16-14-9-12(11(3)5-2)8-13(15)10-14/h5,8-10H,2,4,6-7H2,1,3H3. The van der Waals surface area contributed by atoms with Gasteiger partial charge in [0, 0.05) is 10.4 Å². The maximum absolute atomic E-state index is 5.68. The molecule has 0 heterocycles. The van der Waals surface area contributed by atoms with Crippen molar-refractivity contribution in [3.05, 3.63) is 46.8 Å². The lowest BCUT2D eigenvalue weighted by Crippen LogP contribution is -1.98. The number of ether oxygens (including phenoxy) is 1. The molecule has 0 atom stereocenters. The third kappa shape index (κ3) is 4.01. The largest absolute Gasteiger partial charge is 0.494 e. The van der Waals surface area contributed by atoms with Gasteiger partial charge in [0.2, 0.25) is 0 Å². The lowest BCUT2D eigenvalue weighted by atomic mass is 10.0. The molecule has 0 saturated heterocycles. The van der Waals surface area contributed by atoms with E-state index >= 15 is 0 Å². The maximum Gasteiger partial charge on any atom is 0.120 e. The van der Waals surface area contributed by atoms with Crippen molar-refractivity contribution in [3.8, 4) is 5.75 Å².